The third kappa shape index (κ3) is 7.00. The summed E-state index contributed by atoms with van der Waals surface area (Å²) >= 11 is 0. The van der Waals surface area contributed by atoms with Crippen molar-refractivity contribution in [2.24, 2.45) is 5.92 Å². The van der Waals surface area contributed by atoms with Crippen molar-refractivity contribution in [3.05, 3.63) is 47.2 Å². The van der Waals surface area contributed by atoms with Gasteiger partial charge in [0.2, 0.25) is 0 Å². The molecule has 0 radical (unpaired) electrons. The van der Waals surface area contributed by atoms with Crippen molar-refractivity contribution in [3.8, 4) is 0 Å². The zero-order valence-corrected chi connectivity index (χ0v) is 28.1. The lowest BCUT2D eigenvalue weighted by Crippen LogP contribution is -2.44. The summed E-state index contributed by atoms with van der Waals surface area (Å²) in [4.78, 5) is 39.5. The molecule has 12 heteroatoms. The Hall–Kier alpha value is -3.67. The van der Waals surface area contributed by atoms with Gasteiger partial charge in [-0.3, -0.25) is 4.79 Å². The summed E-state index contributed by atoms with van der Waals surface area (Å²) in [5.41, 5.74) is 7.00. The van der Waals surface area contributed by atoms with Crippen molar-refractivity contribution in [1.82, 2.24) is 19.6 Å². The molecule has 0 aliphatic carbocycles. The van der Waals surface area contributed by atoms with Gasteiger partial charge in [0.25, 0.3) is 15.9 Å². The van der Waals surface area contributed by atoms with E-state index in [9.17, 15) is 18.0 Å². The molecule has 0 aromatic carbocycles. The molecule has 4 rings (SSSR count). The predicted octanol–water partition coefficient (Wildman–Crippen LogP) is 5.12. The Bertz CT molecular complexity index is 1590. The van der Waals surface area contributed by atoms with Gasteiger partial charge in [0.1, 0.15) is 17.2 Å². The van der Waals surface area contributed by atoms with Crippen LogP contribution in [-0.2, 0) is 20.2 Å². The highest BCUT2D eigenvalue weighted by Crippen LogP contribution is 2.42. The molecule has 0 spiro atoms. The fraction of sp³-hybridized carbons (Fsp3) is 0.562. The van der Waals surface area contributed by atoms with Gasteiger partial charge < -0.3 is 20.3 Å². The van der Waals surface area contributed by atoms with Crippen molar-refractivity contribution in [3.63, 3.8) is 0 Å². The van der Waals surface area contributed by atoms with Crippen molar-refractivity contribution in [2.45, 2.75) is 96.7 Å². The van der Waals surface area contributed by atoms with Gasteiger partial charge >= 0.3 is 6.09 Å². The van der Waals surface area contributed by atoms with Crippen LogP contribution in [0.25, 0.3) is 5.57 Å². The standard InChI is InChI=1S/C32H46N6O5S/c1-20-13-18-38(32(20,8)9)27-23(28(39)36-44(41,42)25-12-10-11-24(33)34-25)19-22(26(35-27)30(2,3)4)21-14-16-37(17-15-21)29(40)43-31(5,6)7/h10-12,14,19-20H,13,15-18H2,1-9H3,(H2,33,34)(H,36,39). The normalized spacial score (nSPS) is 19.0. The van der Waals surface area contributed by atoms with E-state index in [2.05, 4.69) is 56.1 Å². The van der Waals surface area contributed by atoms with Crippen LogP contribution in [-0.4, -0.2) is 66.1 Å². The number of nitrogen functional groups attached to an aromatic ring is 1. The highest BCUT2D eigenvalue weighted by Gasteiger charge is 2.42. The van der Waals surface area contributed by atoms with Gasteiger partial charge in [-0.05, 0) is 77.2 Å². The molecule has 0 bridgehead atoms. The summed E-state index contributed by atoms with van der Waals surface area (Å²) in [5, 5.41) is -0.348. The Labute approximate surface area is 261 Å². The van der Waals surface area contributed by atoms with E-state index in [0.717, 1.165) is 23.3 Å². The monoisotopic (exact) mass is 626 g/mol. The maximum atomic E-state index is 14.0. The van der Waals surface area contributed by atoms with Gasteiger partial charge in [-0.25, -0.2) is 19.5 Å². The van der Waals surface area contributed by atoms with Crippen LogP contribution in [0, 0.1) is 5.92 Å². The van der Waals surface area contributed by atoms with Gasteiger partial charge in [0.05, 0.1) is 11.3 Å². The van der Waals surface area contributed by atoms with Gasteiger partial charge in [0.15, 0.2) is 5.03 Å². The molecule has 1 saturated heterocycles. The summed E-state index contributed by atoms with van der Waals surface area (Å²) in [6.45, 7) is 19.5. The first-order valence-corrected chi connectivity index (χ1v) is 16.5. The Balaban J connectivity index is 1.83. The Morgan fingerprint density at radius 1 is 1.09 bits per heavy atom. The molecule has 2 aromatic rings. The number of hydrogen-bond acceptors (Lipinski definition) is 9. The number of sulfonamides is 1. The van der Waals surface area contributed by atoms with Gasteiger partial charge in [-0.1, -0.05) is 39.8 Å². The second-order valence-corrected chi connectivity index (χ2v) is 15.9. The third-order valence-electron chi connectivity index (χ3n) is 8.35. The average Bonchev–Trinajstić information content (AvgIpc) is 3.17. The topological polar surface area (TPSA) is 148 Å². The van der Waals surface area contributed by atoms with Crippen molar-refractivity contribution in [2.75, 3.05) is 30.3 Å². The smallest absolute Gasteiger partial charge is 0.410 e. The quantitative estimate of drug-likeness (QED) is 0.461. The van der Waals surface area contributed by atoms with Crippen molar-refractivity contribution < 1.29 is 22.7 Å². The van der Waals surface area contributed by atoms with E-state index in [-0.39, 0.29) is 28.0 Å². The zero-order valence-electron chi connectivity index (χ0n) is 27.3. The number of amides is 2. The minimum absolute atomic E-state index is 0.0250. The molecule has 44 heavy (non-hydrogen) atoms. The van der Waals surface area contributed by atoms with Crippen LogP contribution < -0.4 is 15.4 Å². The Morgan fingerprint density at radius 2 is 1.77 bits per heavy atom. The van der Waals surface area contributed by atoms with Crippen molar-refractivity contribution in [1.29, 1.82) is 0 Å². The van der Waals surface area contributed by atoms with Gasteiger partial charge in [-0.15, -0.1) is 0 Å². The number of nitrogens with one attached hydrogen (secondary N) is 1. The molecule has 0 saturated carbocycles. The molecule has 2 aliphatic rings. The molecule has 1 atom stereocenters. The molecule has 1 unspecified atom stereocenters. The SMILES string of the molecule is CC1CCN(c2nc(C(C)(C)C)c(C3=CCN(C(=O)OC(C)(C)C)CC3)cc2C(=O)NS(=O)(=O)c2cccc(N)n2)C1(C)C. The number of pyridine rings is 2. The van der Waals surface area contributed by atoms with Crippen LogP contribution in [0.2, 0.25) is 0 Å². The van der Waals surface area contributed by atoms with Crippen LogP contribution >= 0.6 is 0 Å². The molecular formula is C32H46N6O5S. The Morgan fingerprint density at radius 3 is 2.30 bits per heavy atom. The first-order valence-electron chi connectivity index (χ1n) is 15.0. The number of nitrogens with zero attached hydrogens (tertiary/aromatic N) is 4. The lowest BCUT2D eigenvalue weighted by atomic mass is 9.83. The van der Waals surface area contributed by atoms with E-state index in [1.807, 2.05) is 26.8 Å². The van der Waals surface area contributed by atoms with Crippen LogP contribution in [0.4, 0.5) is 16.4 Å². The van der Waals surface area contributed by atoms with E-state index in [1.54, 1.807) is 11.0 Å². The summed E-state index contributed by atoms with van der Waals surface area (Å²) in [6.07, 6.45) is 2.99. The second-order valence-electron chi connectivity index (χ2n) is 14.2. The summed E-state index contributed by atoms with van der Waals surface area (Å²) in [5.74, 6) is -0.0244. The van der Waals surface area contributed by atoms with Crippen LogP contribution in [0.15, 0.2) is 35.4 Å². The maximum Gasteiger partial charge on any atom is 0.410 e. The van der Waals surface area contributed by atoms with Crippen molar-refractivity contribution >= 4 is 39.2 Å². The fourth-order valence-corrected chi connectivity index (χ4v) is 6.46. The third-order valence-corrected chi connectivity index (χ3v) is 9.59. The van der Waals surface area contributed by atoms with E-state index >= 15 is 0 Å². The fourth-order valence-electron chi connectivity index (χ4n) is 5.52. The molecule has 3 N–H and O–H groups in total. The number of aromatic nitrogens is 2. The molecule has 1 fully saturated rings. The lowest BCUT2D eigenvalue weighted by Gasteiger charge is -2.38. The van der Waals surface area contributed by atoms with Gasteiger partial charge in [-0.2, -0.15) is 8.42 Å². The number of hydrogen-bond donors (Lipinski definition) is 2. The highest BCUT2D eigenvalue weighted by atomic mass is 32.2. The van der Waals surface area contributed by atoms with E-state index in [4.69, 9.17) is 15.5 Å². The molecule has 2 aromatic heterocycles. The highest BCUT2D eigenvalue weighted by molar-refractivity contribution is 7.90. The number of carbonyl (C=O) groups excluding carboxylic acids is 2. The lowest BCUT2D eigenvalue weighted by molar-refractivity contribution is 0.0270. The van der Waals surface area contributed by atoms with Gasteiger partial charge in [0, 0.05) is 36.2 Å². The van der Waals surface area contributed by atoms with Crippen LogP contribution in [0.1, 0.15) is 96.8 Å². The Kier molecular flexibility index (Phi) is 8.82. The van der Waals surface area contributed by atoms with E-state index in [0.29, 0.717) is 37.8 Å². The summed E-state index contributed by atoms with van der Waals surface area (Å²) in [6, 6.07) is 5.98. The first kappa shape index (κ1) is 33.2. The van der Waals surface area contributed by atoms with E-state index in [1.165, 1.54) is 18.2 Å². The summed E-state index contributed by atoms with van der Waals surface area (Å²) in [7, 11) is -4.33. The molecular weight excluding hydrogens is 580 g/mol. The first-order chi connectivity index (χ1) is 20.2. The van der Waals surface area contributed by atoms with E-state index < -0.39 is 26.9 Å². The van der Waals surface area contributed by atoms with Crippen LogP contribution in [0.5, 0.6) is 0 Å². The molecule has 2 aliphatic heterocycles. The number of nitrogens with two attached hydrogens (primary N) is 1. The van der Waals surface area contributed by atoms with Crippen LogP contribution in [0.3, 0.4) is 0 Å². The average molecular weight is 627 g/mol. The number of rotatable bonds is 5. The molecule has 11 nitrogen and oxygen atoms in total. The number of carbonyl (C=O) groups is 2. The molecule has 4 heterocycles. The summed E-state index contributed by atoms with van der Waals surface area (Å²) < 4.78 is 34.3. The predicted molar refractivity (Wildman–Crippen MR) is 172 cm³/mol. The largest absolute Gasteiger partial charge is 0.444 e. The minimum atomic E-state index is -4.33. The molecule has 2 amide bonds. The maximum absolute atomic E-state index is 14.0. The second kappa shape index (κ2) is 11.7. The zero-order chi connectivity index (χ0) is 32.8. The minimum Gasteiger partial charge on any atom is -0.444 e. The number of anilines is 2. The molecule has 240 valence electrons. The number of ether oxygens (including phenoxy) is 1.